The first-order chi connectivity index (χ1) is 7.35. The summed E-state index contributed by atoms with van der Waals surface area (Å²) in [4.78, 5) is 0. The molecule has 15 heavy (non-hydrogen) atoms. The van der Waals surface area contributed by atoms with Gasteiger partial charge in [-0.25, -0.2) is 0 Å². The van der Waals surface area contributed by atoms with Gasteiger partial charge in [-0.2, -0.15) is 0 Å². The molecule has 0 bridgehead atoms. The van der Waals surface area contributed by atoms with Gasteiger partial charge in [-0.05, 0) is 50.4 Å². The molecule has 88 valence electrons. The standard InChI is InChI=1S/C14H26O/c1-3-5-13(11-7-8-11)15-14(6-4-2)12-9-10-12/h11-14H,3-10H2,1-2H3. The van der Waals surface area contributed by atoms with Gasteiger partial charge in [0.25, 0.3) is 0 Å². The SMILES string of the molecule is CCCC(OC(CCC)C1CC1)C1CC1. The van der Waals surface area contributed by atoms with Crippen LogP contribution < -0.4 is 0 Å². The van der Waals surface area contributed by atoms with Crippen LogP contribution in [0.2, 0.25) is 0 Å². The van der Waals surface area contributed by atoms with Crippen LogP contribution in [0.3, 0.4) is 0 Å². The maximum Gasteiger partial charge on any atom is 0.0607 e. The lowest BCUT2D eigenvalue weighted by molar-refractivity contribution is -0.0427. The topological polar surface area (TPSA) is 9.23 Å². The van der Waals surface area contributed by atoms with Crippen LogP contribution in [0.15, 0.2) is 0 Å². The van der Waals surface area contributed by atoms with Crippen LogP contribution >= 0.6 is 0 Å². The van der Waals surface area contributed by atoms with Crippen molar-refractivity contribution in [3.63, 3.8) is 0 Å². The fourth-order valence-corrected chi connectivity index (χ4v) is 2.56. The highest BCUT2D eigenvalue weighted by molar-refractivity contribution is 4.87. The molecular formula is C14H26O. The Hall–Kier alpha value is -0.0400. The van der Waals surface area contributed by atoms with Crippen LogP contribution in [0.1, 0.15) is 65.2 Å². The van der Waals surface area contributed by atoms with Crippen molar-refractivity contribution in [3.05, 3.63) is 0 Å². The first kappa shape index (κ1) is 11.4. The summed E-state index contributed by atoms with van der Waals surface area (Å²) in [5.74, 6) is 1.84. The van der Waals surface area contributed by atoms with E-state index in [2.05, 4.69) is 13.8 Å². The van der Waals surface area contributed by atoms with Crippen LogP contribution in [0.4, 0.5) is 0 Å². The van der Waals surface area contributed by atoms with E-state index in [-0.39, 0.29) is 0 Å². The first-order valence-electron chi connectivity index (χ1n) is 7.00. The van der Waals surface area contributed by atoms with E-state index in [1.165, 1.54) is 51.4 Å². The third-order valence-corrected chi connectivity index (χ3v) is 3.79. The predicted octanol–water partition coefficient (Wildman–Crippen LogP) is 4.16. The molecule has 0 aliphatic heterocycles. The molecule has 2 saturated carbocycles. The summed E-state index contributed by atoms with van der Waals surface area (Å²) in [5, 5.41) is 0. The Labute approximate surface area is 94.6 Å². The molecule has 2 aliphatic carbocycles. The van der Waals surface area contributed by atoms with E-state index in [0.29, 0.717) is 12.2 Å². The second-order valence-corrected chi connectivity index (χ2v) is 5.47. The maximum atomic E-state index is 6.38. The Morgan fingerprint density at radius 1 is 0.867 bits per heavy atom. The van der Waals surface area contributed by atoms with Crippen molar-refractivity contribution in [3.8, 4) is 0 Å². The van der Waals surface area contributed by atoms with Gasteiger partial charge in [-0.3, -0.25) is 0 Å². The Morgan fingerprint density at radius 2 is 1.27 bits per heavy atom. The number of hydrogen-bond donors (Lipinski definition) is 0. The van der Waals surface area contributed by atoms with Gasteiger partial charge in [0.15, 0.2) is 0 Å². The highest BCUT2D eigenvalue weighted by Crippen LogP contribution is 2.41. The molecule has 0 saturated heterocycles. The Balaban J connectivity index is 1.78. The van der Waals surface area contributed by atoms with Crippen LogP contribution in [-0.4, -0.2) is 12.2 Å². The zero-order chi connectivity index (χ0) is 10.7. The molecule has 2 fully saturated rings. The summed E-state index contributed by atoms with van der Waals surface area (Å²) in [7, 11) is 0. The molecule has 0 N–H and O–H groups in total. The normalized spacial score (nSPS) is 25.2. The fraction of sp³-hybridized carbons (Fsp3) is 1.00. The van der Waals surface area contributed by atoms with E-state index < -0.39 is 0 Å². The van der Waals surface area contributed by atoms with Crippen LogP contribution in [0.25, 0.3) is 0 Å². The number of ether oxygens (including phenoxy) is 1. The first-order valence-corrected chi connectivity index (χ1v) is 7.00. The summed E-state index contributed by atoms with van der Waals surface area (Å²) in [5.41, 5.74) is 0. The summed E-state index contributed by atoms with van der Waals surface area (Å²) in [6.45, 7) is 4.56. The zero-order valence-corrected chi connectivity index (χ0v) is 10.4. The van der Waals surface area contributed by atoms with Crippen LogP contribution in [-0.2, 0) is 4.74 Å². The summed E-state index contributed by atoms with van der Waals surface area (Å²) >= 11 is 0. The second-order valence-electron chi connectivity index (χ2n) is 5.47. The van der Waals surface area contributed by atoms with Crippen molar-refractivity contribution < 1.29 is 4.74 Å². The van der Waals surface area contributed by atoms with E-state index in [9.17, 15) is 0 Å². The quantitative estimate of drug-likeness (QED) is 0.584. The Morgan fingerprint density at radius 3 is 1.53 bits per heavy atom. The summed E-state index contributed by atoms with van der Waals surface area (Å²) < 4.78 is 6.38. The van der Waals surface area contributed by atoms with Gasteiger partial charge in [0.2, 0.25) is 0 Å². The maximum absolute atomic E-state index is 6.38. The minimum atomic E-state index is 0.604. The molecule has 0 spiro atoms. The van der Waals surface area contributed by atoms with Gasteiger partial charge in [0.05, 0.1) is 12.2 Å². The van der Waals surface area contributed by atoms with E-state index in [0.717, 1.165) is 11.8 Å². The van der Waals surface area contributed by atoms with E-state index in [1.807, 2.05) is 0 Å². The number of rotatable bonds is 8. The monoisotopic (exact) mass is 210 g/mol. The van der Waals surface area contributed by atoms with Crippen molar-refractivity contribution in [2.24, 2.45) is 11.8 Å². The van der Waals surface area contributed by atoms with E-state index in [4.69, 9.17) is 4.74 Å². The fourth-order valence-electron chi connectivity index (χ4n) is 2.56. The van der Waals surface area contributed by atoms with Crippen molar-refractivity contribution in [1.82, 2.24) is 0 Å². The highest BCUT2D eigenvalue weighted by Gasteiger charge is 2.37. The third kappa shape index (κ3) is 3.48. The molecule has 2 unspecified atom stereocenters. The number of hydrogen-bond acceptors (Lipinski definition) is 1. The minimum absolute atomic E-state index is 0.604. The molecule has 2 rings (SSSR count). The summed E-state index contributed by atoms with van der Waals surface area (Å²) in [6, 6.07) is 0. The molecule has 0 aromatic carbocycles. The second kappa shape index (κ2) is 5.34. The van der Waals surface area contributed by atoms with Crippen molar-refractivity contribution in [2.45, 2.75) is 77.4 Å². The van der Waals surface area contributed by atoms with Gasteiger partial charge < -0.3 is 4.74 Å². The average Bonchev–Trinajstić information content (AvgIpc) is 3.05. The molecule has 1 heteroatoms. The van der Waals surface area contributed by atoms with Gasteiger partial charge >= 0.3 is 0 Å². The van der Waals surface area contributed by atoms with Gasteiger partial charge in [-0.15, -0.1) is 0 Å². The lowest BCUT2D eigenvalue weighted by Gasteiger charge is -2.24. The molecule has 1 nitrogen and oxygen atoms in total. The molecule has 0 aromatic rings. The van der Waals surface area contributed by atoms with E-state index in [1.54, 1.807) is 0 Å². The van der Waals surface area contributed by atoms with Crippen molar-refractivity contribution in [1.29, 1.82) is 0 Å². The Bertz CT molecular complexity index is 162. The lowest BCUT2D eigenvalue weighted by atomic mass is 10.1. The zero-order valence-electron chi connectivity index (χ0n) is 10.4. The molecule has 0 radical (unpaired) electrons. The average molecular weight is 210 g/mol. The van der Waals surface area contributed by atoms with E-state index >= 15 is 0 Å². The van der Waals surface area contributed by atoms with Gasteiger partial charge in [-0.1, -0.05) is 26.7 Å². The van der Waals surface area contributed by atoms with Crippen LogP contribution in [0, 0.1) is 11.8 Å². The Kier molecular flexibility index (Phi) is 4.07. The highest BCUT2D eigenvalue weighted by atomic mass is 16.5. The molecule has 2 atom stereocenters. The molecule has 0 heterocycles. The largest absolute Gasteiger partial charge is 0.374 e. The van der Waals surface area contributed by atoms with Crippen molar-refractivity contribution in [2.75, 3.05) is 0 Å². The lowest BCUT2D eigenvalue weighted by Crippen LogP contribution is -2.25. The molecule has 2 aliphatic rings. The van der Waals surface area contributed by atoms with Crippen molar-refractivity contribution >= 4 is 0 Å². The van der Waals surface area contributed by atoms with Crippen LogP contribution in [0.5, 0.6) is 0 Å². The predicted molar refractivity (Wildman–Crippen MR) is 63.9 cm³/mol. The van der Waals surface area contributed by atoms with Gasteiger partial charge in [0, 0.05) is 0 Å². The minimum Gasteiger partial charge on any atom is -0.374 e. The molecular weight excluding hydrogens is 184 g/mol. The molecule has 0 aromatic heterocycles. The molecule has 0 amide bonds. The summed E-state index contributed by atoms with van der Waals surface area (Å²) in [6.07, 6.45) is 12.1. The third-order valence-electron chi connectivity index (χ3n) is 3.79. The van der Waals surface area contributed by atoms with Gasteiger partial charge in [0.1, 0.15) is 0 Å². The smallest absolute Gasteiger partial charge is 0.0607 e.